The van der Waals surface area contributed by atoms with Gasteiger partial charge in [0.15, 0.2) is 0 Å². The largest absolute Gasteiger partial charge is 0.497 e. The van der Waals surface area contributed by atoms with Crippen LogP contribution in [0.25, 0.3) is 0 Å². The van der Waals surface area contributed by atoms with Crippen LogP contribution in [0.15, 0.2) is 53.4 Å². The van der Waals surface area contributed by atoms with Gasteiger partial charge in [0.2, 0.25) is 15.9 Å². The second-order valence-electron chi connectivity index (χ2n) is 7.66. The van der Waals surface area contributed by atoms with Crippen molar-refractivity contribution in [2.75, 3.05) is 26.7 Å². The summed E-state index contributed by atoms with van der Waals surface area (Å²) >= 11 is 0. The predicted molar refractivity (Wildman–Crippen MR) is 110 cm³/mol. The van der Waals surface area contributed by atoms with E-state index in [1.54, 1.807) is 31.4 Å². The first-order chi connectivity index (χ1) is 14.0. The highest BCUT2D eigenvalue weighted by Crippen LogP contribution is 2.28. The summed E-state index contributed by atoms with van der Waals surface area (Å²) in [4.78, 5) is 15.3. The first-order valence-corrected chi connectivity index (χ1v) is 11.4. The lowest BCUT2D eigenvalue weighted by molar-refractivity contribution is -0.137. The Hall–Kier alpha value is -2.38. The molecule has 6 nitrogen and oxygen atoms in total. The molecule has 0 radical (unpaired) electrons. The molecule has 4 rings (SSSR count). The van der Waals surface area contributed by atoms with Crippen LogP contribution in [0.1, 0.15) is 24.0 Å². The summed E-state index contributed by atoms with van der Waals surface area (Å²) in [6.45, 7) is 1.99. The van der Waals surface area contributed by atoms with Gasteiger partial charge in [-0.2, -0.15) is 4.31 Å². The van der Waals surface area contributed by atoms with Gasteiger partial charge >= 0.3 is 0 Å². The number of nitrogens with zero attached hydrogens (tertiary/aromatic N) is 2. The molecule has 1 unspecified atom stereocenters. The molecule has 2 heterocycles. The SMILES string of the molecule is COc1ccc(S(=O)(=O)N2CCCC(C(=O)N3CCc4ccccc4C3)C2)cc1. The molecular formula is C22H26N2O4S. The highest BCUT2D eigenvalue weighted by atomic mass is 32.2. The summed E-state index contributed by atoms with van der Waals surface area (Å²) < 4.78 is 32.7. The third-order valence-electron chi connectivity index (χ3n) is 5.87. The van der Waals surface area contributed by atoms with Crippen molar-refractivity contribution in [3.05, 3.63) is 59.7 Å². The van der Waals surface area contributed by atoms with Crippen molar-refractivity contribution in [2.24, 2.45) is 5.92 Å². The maximum absolute atomic E-state index is 13.1. The Balaban J connectivity index is 1.47. The van der Waals surface area contributed by atoms with Gasteiger partial charge in [-0.15, -0.1) is 0 Å². The number of fused-ring (bicyclic) bond motifs is 1. The summed E-state index contributed by atoms with van der Waals surface area (Å²) in [5.41, 5.74) is 2.48. The van der Waals surface area contributed by atoms with E-state index in [2.05, 4.69) is 12.1 Å². The molecule has 0 bridgehead atoms. The van der Waals surface area contributed by atoms with Crippen LogP contribution >= 0.6 is 0 Å². The van der Waals surface area contributed by atoms with E-state index in [0.717, 1.165) is 12.8 Å². The summed E-state index contributed by atoms with van der Waals surface area (Å²) in [6.07, 6.45) is 2.27. The highest BCUT2D eigenvalue weighted by molar-refractivity contribution is 7.89. The Labute approximate surface area is 172 Å². The molecule has 1 amide bonds. The van der Waals surface area contributed by atoms with Crippen molar-refractivity contribution < 1.29 is 17.9 Å². The monoisotopic (exact) mass is 414 g/mol. The smallest absolute Gasteiger partial charge is 0.243 e. The van der Waals surface area contributed by atoms with Crippen molar-refractivity contribution >= 4 is 15.9 Å². The highest BCUT2D eigenvalue weighted by Gasteiger charge is 2.35. The first kappa shape index (κ1) is 19.9. The number of hydrogen-bond acceptors (Lipinski definition) is 4. The molecule has 2 aromatic carbocycles. The summed E-state index contributed by atoms with van der Waals surface area (Å²) in [5.74, 6) is 0.386. The van der Waals surface area contributed by atoms with Gasteiger partial charge in [0, 0.05) is 26.2 Å². The maximum atomic E-state index is 13.1. The normalized spacial score (nSPS) is 20.2. The van der Waals surface area contributed by atoms with Gasteiger partial charge < -0.3 is 9.64 Å². The molecule has 1 saturated heterocycles. The number of amides is 1. The van der Waals surface area contributed by atoms with Gasteiger partial charge in [-0.05, 0) is 54.7 Å². The molecule has 0 aliphatic carbocycles. The van der Waals surface area contributed by atoms with Crippen LogP contribution < -0.4 is 4.74 Å². The van der Waals surface area contributed by atoms with Gasteiger partial charge in [0.1, 0.15) is 5.75 Å². The standard InChI is InChI=1S/C22H26N2O4S/c1-28-20-8-10-21(11-9-20)29(26,27)24-13-4-7-19(16-24)22(25)23-14-12-17-5-2-3-6-18(17)15-23/h2-3,5-6,8-11,19H,4,7,12-16H2,1H3. The zero-order valence-corrected chi connectivity index (χ0v) is 17.4. The van der Waals surface area contributed by atoms with Crippen molar-refractivity contribution in [3.63, 3.8) is 0 Å². The lowest BCUT2D eigenvalue weighted by atomic mass is 9.95. The molecule has 1 fully saturated rings. The number of hydrogen-bond donors (Lipinski definition) is 0. The molecule has 7 heteroatoms. The van der Waals surface area contributed by atoms with E-state index in [9.17, 15) is 13.2 Å². The molecule has 0 spiro atoms. The lowest BCUT2D eigenvalue weighted by Crippen LogP contribution is -2.47. The van der Waals surface area contributed by atoms with E-state index in [-0.39, 0.29) is 23.3 Å². The van der Waals surface area contributed by atoms with E-state index in [1.807, 2.05) is 17.0 Å². The van der Waals surface area contributed by atoms with Gasteiger partial charge in [-0.1, -0.05) is 24.3 Å². The number of ether oxygens (including phenoxy) is 1. The Morgan fingerprint density at radius 3 is 2.48 bits per heavy atom. The number of methoxy groups -OCH3 is 1. The zero-order valence-electron chi connectivity index (χ0n) is 16.6. The minimum atomic E-state index is -3.63. The molecule has 0 aromatic heterocycles. The average Bonchev–Trinajstić information content (AvgIpc) is 2.78. The molecule has 2 aliphatic heterocycles. The number of rotatable bonds is 4. The molecule has 2 aromatic rings. The third-order valence-corrected chi connectivity index (χ3v) is 7.75. The van der Waals surface area contributed by atoms with Gasteiger partial charge in [0.25, 0.3) is 0 Å². The Morgan fingerprint density at radius 2 is 1.76 bits per heavy atom. The Bertz CT molecular complexity index is 988. The van der Waals surface area contributed by atoms with Crippen molar-refractivity contribution in [1.82, 2.24) is 9.21 Å². The summed E-state index contributed by atoms with van der Waals surface area (Å²) in [5, 5.41) is 0. The van der Waals surface area contributed by atoms with Gasteiger partial charge in [-0.3, -0.25) is 4.79 Å². The maximum Gasteiger partial charge on any atom is 0.243 e. The zero-order chi connectivity index (χ0) is 20.4. The van der Waals surface area contributed by atoms with E-state index in [0.29, 0.717) is 31.8 Å². The number of sulfonamides is 1. The number of piperidine rings is 1. The minimum absolute atomic E-state index is 0.0640. The Morgan fingerprint density at radius 1 is 1.03 bits per heavy atom. The number of benzene rings is 2. The van der Waals surface area contributed by atoms with Crippen LogP contribution in [0, 0.1) is 5.92 Å². The molecule has 0 saturated carbocycles. The van der Waals surface area contributed by atoms with Crippen LogP contribution in [-0.4, -0.2) is 50.3 Å². The molecule has 0 N–H and O–H groups in total. The van der Waals surface area contributed by atoms with E-state index in [4.69, 9.17) is 4.74 Å². The van der Waals surface area contributed by atoms with Crippen molar-refractivity contribution in [1.29, 1.82) is 0 Å². The fourth-order valence-electron chi connectivity index (χ4n) is 4.20. The fourth-order valence-corrected chi connectivity index (χ4v) is 5.72. The average molecular weight is 415 g/mol. The van der Waals surface area contributed by atoms with Crippen LogP contribution in [0.3, 0.4) is 0 Å². The molecule has 1 atom stereocenters. The van der Waals surface area contributed by atoms with Gasteiger partial charge in [-0.25, -0.2) is 8.42 Å². The number of carbonyl (C=O) groups excluding carboxylic acids is 1. The van der Waals surface area contributed by atoms with Crippen LogP contribution in [0.5, 0.6) is 5.75 Å². The van der Waals surface area contributed by atoms with Crippen molar-refractivity contribution in [2.45, 2.75) is 30.7 Å². The van der Waals surface area contributed by atoms with E-state index < -0.39 is 10.0 Å². The Kier molecular flexibility index (Phi) is 5.61. The fraction of sp³-hybridized carbons (Fsp3) is 0.409. The van der Waals surface area contributed by atoms with Crippen LogP contribution in [-0.2, 0) is 27.8 Å². The summed E-state index contributed by atoms with van der Waals surface area (Å²) in [7, 11) is -2.08. The van der Waals surface area contributed by atoms with E-state index >= 15 is 0 Å². The molecule has 29 heavy (non-hydrogen) atoms. The molecular weight excluding hydrogens is 388 g/mol. The second-order valence-corrected chi connectivity index (χ2v) is 9.59. The minimum Gasteiger partial charge on any atom is -0.497 e. The lowest BCUT2D eigenvalue weighted by Gasteiger charge is -2.36. The first-order valence-electron chi connectivity index (χ1n) is 9.99. The number of carbonyl (C=O) groups is 1. The third kappa shape index (κ3) is 4.02. The topological polar surface area (TPSA) is 66.9 Å². The summed E-state index contributed by atoms with van der Waals surface area (Å²) in [6, 6.07) is 14.6. The molecule has 154 valence electrons. The second kappa shape index (κ2) is 8.16. The van der Waals surface area contributed by atoms with Gasteiger partial charge in [0.05, 0.1) is 17.9 Å². The van der Waals surface area contributed by atoms with Crippen LogP contribution in [0.4, 0.5) is 0 Å². The quantitative estimate of drug-likeness (QED) is 0.772. The van der Waals surface area contributed by atoms with Crippen LogP contribution in [0.2, 0.25) is 0 Å². The predicted octanol–water partition coefficient (Wildman–Crippen LogP) is 2.68. The van der Waals surface area contributed by atoms with Crippen molar-refractivity contribution in [3.8, 4) is 5.75 Å². The van der Waals surface area contributed by atoms with E-state index in [1.165, 1.54) is 15.4 Å². The molecule has 2 aliphatic rings.